The molecule has 0 saturated carbocycles. The number of nitrogens with one attached hydrogen (secondary N) is 2. The van der Waals surface area contributed by atoms with Gasteiger partial charge < -0.3 is 20.1 Å². The van der Waals surface area contributed by atoms with Crippen LogP contribution in [0.2, 0.25) is 0 Å². The number of ether oxygens (including phenoxy) is 2. The lowest BCUT2D eigenvalue weighted by molar-refractivity contribution is 0.0114. The van der Waals surface area contributed by atoms with E-state index in [1.165, 1.54) is 11.0 Å². The predicted molar refractivity (Wildman–Crippen MR) is 130 cm³/mol. The van der Waals surface area contributed by atoms with Gasteiger partial charge >= 0.3 is 12.2 Å². The summed E-state index contributed by atoms with van der Waals surface area (Å²) < 4.78 is 41.8. The molecule has 4 rings (SSSR count). The van der Waals surface area contributed by atoms with Gasteiger partial charge in [-0.05, 0) is 62.8 Å². The zero-order valence-electron chi connectivity index (χ0n) is 20.9. The Labute approximate surface area is 210 Å². The Kier molecular flexibility index (Phi) is 7.78. The molecular weight excluding hydrogens is 468 g/mol. The number of halogens is 2. The lowest BCUT2D eigenvalue weighted by Crippen LogP contribution is -2.50. The number of benzene rings is 2. The Hall–Kier alpha value is -3.20. The van der Waals surface area contributed by atoms with Crippen LogP contribution < -0.4 is 10.6 Å². The van der Waals surface area contributed by atoms with Crippen LogP contribution in [0.25, 0.3) is 0 Å². The highest BCUT2D eigenvalue weighted by Gasteiger charge is 2.36. The standard InChI is InChI=1S/C27H33F2N3O4/c1-27(2,3)36-26(34)32-12-11-30-15-23(32)21-14-22(28)20-13-18(9-10-19(20)24(21)29)31-25(33)35-16-17-7-5-4-6-8-17/h4-8,14,18,23,30H,9-13,15-16H2,1-3H3,(H,31,33). The number of rotatable bonds is 4. The van der Waals surface area contributed by atoms with Gasteiger partial charge in [-0.3, -0.25) is 4.90 Å². The van der Waals surface area contributed by atoms with E-state index in [0.717, 1.165) is 5.56 Å². The molecule has 2 atom stereocenters. The normalized spacial score (nSPS) is 19.9. The molecule has 2 amide bonds. The molecule has 0 aromatic heterocycles. The van der Waals surface area contributed by atoms with Crippen LogP contribution in [0.15, 0.2) is 36.4 Å². The van der Waals surface area contributed by atoms with E-state index in [1.807, 2.05) is 30.3 Å². The molecule has 2 aliphatic rings. The quantitative estimate of drug-likeness (QED) is 0.639. The van der Waals surface area contributed by atoms with Crippen molar-refractivity contribution in [1.82, 2.24) is 15.5 Å². The number of carbonyl (C=O) groups excluding carboxylic acids is 2. The zero-order valence-corrected chi connectivity index (χ0v) is 20.9. The van der Waals surface area contributed by atoms with Crippen molar-refractivity contribution in [3.63, 3.8) is 0 Å². The number of alkyl carbamates (subject to hydrolysis) is 1. The summed E-state index contributed by atoms with van der Waals surface area (Å²) >= 11 is 0. The maximum Gasteiger partial charge on any atom is 0.410 e. The van der Waals surface area contributed by atoms with E-state index in [9.17, 15) is 9.59 Å². The fourth-order valence-corrected chi connectivity index (χ4v) is 4.70. The molecule has 36 heavy (non-hydrogen) atoms. The highest BCUT2D eigenvalue weighted by Crippen LogP contribution is 2.34. The van der Waals surface area contributed by atoms with E-state index < -0.39 is 35.5 Å². The average Bonchev–Trinajstić information content (AvgIpc) is 2.84. The van der Waals surface area contributed by atoms with Crippen LogP contribution in [0.3, 0.4) is 0 Å². The monoisotopic (exact) mass is 501 g/mol. The van der Waals surface area contributed by atoms with Crippen molar-refractivity contribution in [3.05, 3.63) is 70.3 Å². The molecule has 7 nitrogen and oxygen atoms in total. The molecule has 0 spiro atoms. The molecule has 1 fully saturated rings. The van der Waals surface area contributed by atoms with Gasteiger partial charge in [0.05, 0.1) is 6.04 Å². The van der Waals surface area contributed by atoms with Crippen LogP contribution in [-0.4, -0.2) is 48.4 Å². The number of carbonyl (C=O) groups is 2. The van der Waals surface area contributed by atoms with Gasteiger partial charge in [-0.1, -0.05) is 30.3 Å². The summed E-state index contributed by atoms with van der Waals surface area (Å²) in [4.78, 5) is 26.5. The molecule has 2 unspecified atom stereocenters. The zero-order chi connectivity index (χ0) is 25.9. The van der Waals surface area contributed by atoms with Crippen molar-refractivity contribution in [2.45, 2.75) is 64.3 Å². The molecule has 194 valence electrons. The summed E-state index contributed by atoms with van der Waals surface area (Å²) in [6, 6.07) is 9.43. The molecular formula is C27H33F2N3O4. The molecule has 1 aliphatic carbocycles. The number of piperazine rings is 1. The molecule has 1 heterocycles. The third kappa shape index (κ3) is 6.13. The molecule has 1 saturated heterocycles. The second-order valence-electron chi connectivity index (χ2n) is 10.3. The second-order valence-corrected chi connectivity index (χ2v) is 10.3. The van der Waals surface area contributed by atoms with Gasteiger partial charge in [-0.25, -0.2) is 18.4 Å². The lowest BCUT2D eigenvalue weighted by atomic mass is 9.85. The van der Waals surface area contributed by atoms with E-state index in [1.54, 1.807) is 20.8 Å². The van der Waals surface area contributed by atoms with Gasteiger partial charge in [0.1, 0.15) is 23.8 Å². The smallest absolute Gasteiger partial charge is 0.410 e. The average molecular weight is 502 g/mol. The first kappa shape index (κ1) is 25.9. The Morgan fingerprint density at radius 3 is 2.64 bits per heavy atom. The Bertz CT molecular complexity index is 1100. The lowest BCUT2D eigenvalue weighted by Gasteiger charge is -2.38. The van der Waals surface area contributed by atoms with E-state index in [0.29, 0.717) is 31.6 Å². The van der Waals surface area contributed by atoms with E-state index in [2.05, 4.69) is 10.6 Å². The predicted octanol–water partition coefficient (Wildman–Crippen LogP) is 4.63. The van der Waals surface area contributed by atoms with Gasteiger partial charge in [0.15, 0.2) is 0 Å². The van der Waals surface area contributed by atoms with E-state index in [4.69, 9.17) is 9.47 Å². The number of hydrogen-bond acceptors (Lipinski definition) is 5. The molecule has 0 radical (unpaired) electrons. The summed E-state index contributed by atoms with van der Waals surface area (Å²) in [5, 5.41) is 5.93. The maximum absolute atomic E-state index is 15.7. The first-order valence-corrected chi connectivity index (χ1v) is 12.3. The summed E-state index contributed by atoms with van der Waals surface area (Å²) in [6.45, 7) is 6.60. The van der Waals surface area contributed by atoms with E-state index >= 15 is 8.78 Å². The molecule has 1 aliphatic heterocycles. The minimum absolute atomic E-state index is 0.131. The molecule has 2 aromatic carbocycles. The summed E-state index contributed by atoms with van der Waals surface area (Å²) in [7, 11) is 0. The first-order chi connectivity index (χ1) is 17.1. The Morgan fingerprint density at radius 2 is 1.92 bits per heavy atom. The molecule has 2 N–H and O–H groups in total. The first-order valence-electron chi connectivity index (χ1n) is 12.3. The highest BCUT2D eigenvalue weighted by atomic mass is 19.1. The Balaban J connectivity index is 1.46. The van der Waals surface area contributed by atoms with Crippen molar-refractivity contribution >= 4 is 12.2 Å². The van der Waals surface area contributed by atoms with Crippen LogP contribution >= 0.6 is 0 Å². The Morgan fingerprint density at radius 1 is 1.17 bits per heavy atom. The number of hydrogen-bond donors (Lipinski definition) is 2. The number of fused-ring (bicyclic) bond motifs is 1. The molecule has 9 heteroatoms. The van der Waals surface area contributed by atoms with Gasteiger partial charge in [-0.15, -0.1) is 0 Å². The van der Waals surface area contributed by atoms with Crippen molar-refractivity contribution in [1.29, 1.82) is 0 Å². The minimum atomic E-state index is -0.698. The van der Waals surface area contributed by atoms with Crippen LogP contribution in [0.1, 0.15) is 55.5 Å². The van der Waals surface area contributed by atoms with Gasteiger partial charge in [0, 0.05) is 31.2 Å². The fourth-order valence-electron chi connectivity index (χ4n) is 4.70. The highest BCUT2D eigenvalue weighted by molar-refractivity contribution is 5.69. The summed E-state index contributed by atoms with van der Waals surface area (Å²) in [6.07, 6.45) is -0.262. The number of amides is 2. The largest absolute Gasteiger partial charge is 0.445 e. The topological polar surface area (TPSA) is 79.9 Å². The van der Waals surface area contributed by atoms with Crippen molar-refractivity contribution in [2.24, 2.45) is 0 Å². The third-order valence-corrected chi connectivity index (χ3v) is 6.41. The third-order valence-electron chi connectivity index (χ3n) is 6.41. The van der Waals surface area contributed by atoms with Gasteiger partial charge in [0.2, 0.25) is 0 Å². The number of nitrogens with zero attached hydrogens (tertiary/aromatic N) is 1. The van der Waals surface area contributed by atoms with Crippen LogP contribution in [0.5, 0.6) is 0 Å². The summed E-state index contributed by atoms with van der Waals surface area (Å²) in [5.41, 5.74) is 0.855. The van der Waals surface area contributed by atoms with Crippen LogP contribution in [-0.2, 0) is 28.9 Å². The SMILES string of the molecule is CC(C)(C)OC(=O)N1CCNCC1c1cc(F)c2c(c1F)CCC(NC(=O)OCc1ccccc1)C2. The maximum atomic E-state index is 15.7. The van der Waals surface area contributed by atoms with Gasteiger partial charge in [0.25, 0.3) is 0 Å². The van der Waals surface area contributed by atoms with E-state index in [-0.39, 0.29) is 36.6 Å². The van der Waals surface area contributed by atoms with Crippen molar-refractivity contribution in [3.8, 4) is 0 Å². The van der Waals surface area contributed by atoms with Crippen molar-refractivity contribution in [2.75, 3.05) is 19.6 Å². The van der Waals surface area contributed by atoms with Crippen molar-refractivity contribution < 1.29 is 27.8 Å². The second kappa shape index (κ2) is 10.8. The minimum Gasteiger partial charge on any atom is -0.445 e. The van der Waals surface area contributed by atoms with Gasteiger partial charge in [-0.2, -0.15) is 0 Å². The molecule has 0 bridgehead atoms. The van der Waals surface area contributed by atoms with Crippen LogP contribution in [0, 0.1) is 11.6 Å². The van der Waals surface area contributed by atoms with Crippen LogP contribution in [0.4, 0.5) is 18.4 Å². The fraction of sp³-hybridized carbons (Fsp3) is 0.481. The molecule has 2 aromatic rings. The summed E-state index contributed by atoms with van der Waals surface area (Å²) in [5.74, 6) is -1.04.